The summed E-state index contributed by atoms with van der Waals surface area (Å²) >= 11 is 0. The summed E-state index contributed by atoms with van der Waals surface area (Å²) < 4.78 is 4.68. The van der Waals surface area contributed by atoms with Gasteiger partial charge in [-0.05, 0) is 29.8 Å². The molecule has 0 saturated carbocycles. The number of hydrogen-bond donors (Lipinski definition) is 4. The highest BCUT2D eigenvalue weighted by atomic mass is 16.5. The van der Waals surface area contributed by atoms with Gasteiger partial charge in [0, 0.05) is 6.42 Å². The minimum atomic E-state index is -1.02. The molecule has 2 rings (SSSR count). The Morgan fingerprint density at radius 1 is 1.04 bits per heavy atom. The molecule has 2 aromatic carbocycles. The van der Waals surface area contributed by atoms with Gasteiger partial charge in [-0.1, -0.05) is 18.2 Å². The van der Waals surface area contributed by atoms with Gasteiger partial charge in [0.15, 0.2) is 0 Å². The van der Waals surface area contributed by atoms with Crippen LogP contribution in [0.3, 0.4) is 0 Å². The highest BCUT2D eigenvalue weighted by molar-refractivity contribution is 6.01. The maximum absolute atomic E-state index is 12.3. The fourth-order valence-electron chi connectivity index (χ4n) is 2.19. The fourth-order valence-corrected chi connectivity index (χ4v) is 2.19. The standard InChI is InChI=1S/C17H17NO6/c1-24-17(23)12(9-10-5-7-11(19)8-6-10)18-16(22)15-13(20)3-2-4-14(15)21/h2-8,12,19-21H,9H2,1H3,(H,18,22). The SMILES string of the molecule is COC(=O)C(Cc1ccc(O)cc1)NC(=O)c1c(O)cccc1O. The van der Waals surface area contributed by atoms with Gasteiger partial charge in [0.25, 0.3) is 5.91 Å². The molecule has 0 fully saturated rings. The molecule has 24 heavy (non-hydrogen) atoms. The van der Waals surface area contributed by atoms with E-state index in [1.807, 2.05) is 0 Å². The average molecular weight is 331 g/mol. The minimum Gasteiger partial charge on any atom is -0.508 e. The van der Waals surface area contributed by atoms with E-state index >= 15 is 0 Å². The molecule has 0 aromatic heterocycles. The van der Waals surface area contributed by atoms with E-state index in [0.29, 0.717) is 5.56 Å². The fraction of sp³-hybridized carbons (Fsp3) is 0.176. The second-order valence-corrected chi connectivity index (χ2v) is 5.09. The van der Waals surface area contributed by atoms with Crippen LogP contribution in [0.5, 0.6) is 17.2 Å². The molecule has 126 valence electrons. The minimum absolute atomic E-state index is 0.0801. The van der Waals surface area contributed by atoms with E-state index < -0.39 is 29.4 Å². The van der Waals surface area contributed by atoms with Crippen LogP contribution in [0.4, 0.5) is 0 Å². The molecular weight excluding hydrogens is 314 g/mol. The largest absolute Gasteiger partial charge is 0.508 e. The second-order valence-electron chi connectivity index (χ2n) is 5.09. The van der Waals surface area contributed by atoms with Gasteiger partial charge in [0.1, 0.15) is 28.9 Å². The normalized spacial score (nSPS) is 11.5. The number of carbonyl (C=O) groups is 2. The van der Waals surface area contributed by atoms with Crippen molar-refractivity contribution in [2.75, 3.05) is 7.11 Å². The number of aromatic hydroxyl groups is 3. The van der Waals surface area contributed by atoms with Gasteiger partial charge in [-0.2, -0.15) is 0 Å². The monoisotopic (exact) mass is 331 g/mol. The quantitative estimate of drug-likeness (QED) is 0.614. The Hall–Kier alpha value is -3.22. The molecule has 1 unspecified atom stereocenters. The maximum atomic E-state index is 12.3. The Kier molecular flexibility index (Phi) is 5.26. The lowest BCUT2D eigenvalue weighted by atomic mass is 10.0. The number of phenolic OH excluding ortho intramolecular Hbond substituents is 3. The summed E-state index contributed by atoms with van der Waals surface area (Å²) in [6, 6.07) is 9.00. The van der Waals surface area contributed by atoms with Crippen LogP contribution < -0.4 is 5.32 Å². The molecule has 7 heteroatoms. The zero-order chi connectivity index (χ0) is 17.7. The Balaban J connectivity index is 2.21. The molecule has 0 bridgehead atoms. The molecule has 0 aliphatic rings. The summed E-state index contributed by atoms with van der Waals surface area (Å²) in [5.74, 6) is -2.20. The predicted molar refractivity (Wildman–Crippen MR) is 84.9 cm³/mol. The van der Waals surface area contributed by atoms with Crippen LogP contribution >= 0.6 is 0 Å². The first-order chi connectivity index (χ1) is 11.4. The van der Waals surface area contributed by atoms with Gasteiger partial charge in [-0.3, -0.25) is 4.79 Å². The molecule has 0 spiro atoms. The summed E-state index contributed by atoms with van der Waals surface area (Å²) in [5.41, 5.74) is 0.363. The molecule has 0 saturated heterocycles. The van der Waals surface area contributed by atoms with E-state index in [2.05, 4.69) is 10.1 Å². The van der Waals surface area contributed by atoms with E-state index in [1.165, 1.54) is 37.4 Å². The number of methoxy groups -OCH3 is 1. The number of carbonyl (C=O) groups excluding carboxylic acids is 2. The van der Waals surface area contributed by atoms with Crippen molar-refractivity contribution in [2.24, 2.45) is 0 Å². The maximum Gasteiger partial charge on any atom is 0.328 e. The van der Waals surface area contributed by atoms with Gasteiger partial charge >= 0.3 is 5.97 Å². The van der Waals surface area contributed by atoms with Gasteiger partial charge in [-0.15, -0.1) is 0 Å². The first-order valence-electron chi connectivity index (χ1n) is 7.10. The number of rotatable bonds is 5. The van der Waals surface area contributed by atoms with Crippen molar-refractivity contribution in [3.8, 4) is 17.2 Å². The highest BCUT2D eigenvalue weighted by Gasteiger charge is 2.25. The Morgan fingerprint density at radius 2 is 1.62 bits per heavy atom. The van der Waals surface area contributed by atoms with E-state index in [1.54, 1.807) is 12.1 Å². The van der Waals surface area contributed by atoms with Crippen LogP contribution in [0.1, 0.15) is 15.9 Å². The van der Waals surface area contributed by atoms with E-state index in [-0.39, 0.29) is 17.7 Å². The third-order valence-corrected chi connectivity index (χ3v) is 3.41. The van der Waals surface area contributed by atoms with E-state index in [9.17, 15) is 24.9 Å². The summed E-state index contributed by atoms with van der Waals surface area (Å²) in [7, 11) is 1.19. The van der Waals surface area contributed by atoms with Crippen molar-refractivity contribution in [1.82, 2.24) is 5.32 Å². The number of amides is 1. The number of benzene rings is 2. The summed E-state index contributed by atoms with van der Waals surface area (Å²) in [5, 5.41) is 31.2. The molecule has 4 N–H and O–H groups in total. The molecule has 2 aromatic rings. The molecule has 7 nitrogen and oxygen atoms in total. The topological polar surface area (TPSA) is 116 Å². The van der Waals surface area contributed by atoms with Crippen molar-refractivity contribution in [3.63, 3.8) is 0 Å². The van der Waals surface area contributed by atoms with Crippen molar-refractivity contribution in [3.05, 3.63) is 53.6 Å². The lowest BCUT2D eigenvalue weighted by molar-refractivity contribution is -0.142. The third kappa shape index (κ3) is 3.95. The highest BCUT2D eigenvalue weighted by Crippen LogP contribution is 2.26. The Labute approximate surface area is 138 Å². The van der Waals surface area contributed by atoms with Crippen LogP contribution in [0.2, 0.25) is 0 Å². The third-order valence-electron chi connectivity index (χ3n) is 3.41. The Bertz CT molecular complexity index is 721. The second kappa shape index (κ2) is 7.36. The summed E-state index contributed by atoms with van der Waals surface area (Å²) in [6.45, 7) is 0. The van der Waals surface area contributed by atoms with Crippen molar-refractivity contribution < 1.29 is 29.6 Å². The predicted octanol–water partition coefficient (Wildman–Crippen LogP) is 1.32. The summed E-state index contributed by atoms with van der Waals surface area (Å²) in [6.07, 6.45) is 0.118. The van der Waals surface area contributed by atoms with Crippen molar-refractivity contribution in [2.45, 2.75) is 12.5 Å². The first-order valence-corrected chi connectivity index (χ1v) is 7.10. The summed E-state index contributed by atoms with van der Waals surface area (Å²) in [4.78, 5) is 24.2. The zero-order valence-corrected chi connectivity index (χ0v) is 12.9. The molecule has 0 aliphatic heterocycles. The van der Waals surface area contributed by atoms with Gasteiger partial charge in [-0.25, -0.2) is 4.79 Å². The molecular formula is C17H17NO6. The van der Waals surface area contributed by atoms with E-state index in [4.69, 9.17) is 0 Å². The van der Waals surface area contributed by atoms with Crippen LogP contribution in [0, 0.1) is 0 Å². The molecule has 1 amide bonds. The number of nitrogens with one attached hydrogen (secondary N) is 1. The lowest BCUT2D eigenvalue weighted by Crippen LogP contribution is -2.43. The van der Waals surface area contributed by atoms with Crippen LogP contribution in [0.15, 0.2) is 42.5 Å². The van der Waals surface area contributed by atoms with Crippen LogP contribution in [-0.4, -0.2) is 40.3 Å². The van der Waals surface area contributed by atoms with Gasteiger partial charge in [0.2, 0.25) is 0 Å². The number of phenols is 3. The number of hydrogen-bond acceptors (Lipinski definition) is 6. The van der Waals surface area contributed by atoms with Crippen LogP contribution in [-0.2, 0) is 16.0 Å². The first kappa shape index (κ1) is 17.1. The average Bonchev–Trinajstić information content (AvgIpc) is 2.55. The number of ether oxygens (including phenoxy) is 1. The van der Waals surface area contributed by atoms with Gasteiger partial charge < -0.3 is 25.4 Å². The smallest absolute Gasteiger partial charge is 0.328 e. The molecule has 1 atom stereocenters. The molecule has 0 heterocycles. The van der Waals surface area contributed by atoms with E-state index in [0.717, 1.165) is 0 Å². The van der Waals surface area contributed by atoms with Crippen molar-refractivity contribution in [1.29, 1.82) is 0 Å². The molecule has 0 aliphatic carbocycles. The van der Waals surface area contributed by atoms with Crippen molar-refractivity contribution >= 4 is 11.9 Å². The zero-order valence-electron chi connectivity index (χ0n) is 12.9. The molecule has 0 radical (unpaired) electrons. The van der Waals surface area contributed by atoms with Crippen LogP contribution in [0.25, 0.3) is 0 Å². The number of esters is 1. The lowest BCUT2D eigenvalue weighted by Gasteiger charge is -2.17. The Morgan fingerprint density at radius 3 is 2.17 bits per heavy atom. The van der Waals surface area contributed by atoms with Gasteiger partial charge in [0.05, 0.1) is 7.11 Å².